The molecule has 6 rings (SSSR count). The van der Waals surface area contributed by atoms with Crippen LogP contribution >= 0.6 is 42.9 Å². The summed E-state index contributed by atoms with van der Waals surface area (Å²) in [6.45, 7) is 0. The molecule has 0 unspecified atom stereocenters. The van der Waals surface area contributed by atoms with E-state index in [9.17, 15) is 0 Å². The van der Waals surface area contributed by atoms with Gasteiger partial charge in [-0.3, -0.25) is 0 Å². The van der Waals surface area contributed by atoms with Crippen molar-refractivity contribution in [3.63, 3.8) is 0 Å². The van der Waals surface area contributed by atoms with E-state index in [0.717, 1.165) is 31.8 Å². The molecule has 0 aliphatic carbocycles. The third-order valence-corrected chi connectivity index (χ3v) is 19.8. The third kappa shape index (κ3) is 6.10. The first-order valence-corrected chi connectivity index (χ1v) is 20.9. The lowest BCUT2D eigenvalue weighted by Crippen LogP contribution is -2.26. The standard InChI is InChI=1S/C36H30Cl2N2P3/c37-43(38,39-41(31-19-7-1-8-20-31,32-21-9-2-10-22-32)33-23-11-3-12-24-33)40-42(34-25-13-4-14-26-34,35-27-15-5-16-28-35)36-29-17-6-18-30-36/h1-30H/q+1. The highest BCUT2D eigenvalue weighted by atomic mass is 35.9. The van der Waals surface area contributed by atoms with Gasteiger partial charge in [0.1, 0.15) is 14.1 Å². The zero-order valence-electron chi connectivity index (χ0n) is 23.3. The summed E-state index contributed by atoms with van der Waals surface area (Å²) in [6, 6.07) is 62.5. The minimum absolute atomic E-state index is 1.08. The Balaban J connectivity index is 1.77. The number of halogens is 2. The zero-order valence-corrected chi connectivity index (χ0v) is 27.5. The van der Waals surface area contributed by atoms with Gasteiger partial charge in [0.15, 0.2) is 22.5 Å². The Bertz CT molecular complexity index is 1540. The van der Waals surface area contributed by atoms with Crippen LogP contribution in [-0.4, -0.2) is 0 Å². The molecule has 0 saturated carbocycles. The molecular formula is C36H30Cl2N2P3+. The van der Waals surface area contributed by atoms with Crippen molar-refractivity contribution in [3.05, 3.63) is 182 Å². The van der Waals surface area contributed by atoms with Gasteiger partial charge in [0.2, 0.25) is 0 Å². The third-order valence-electron chi connectivity index (χ3n) is 7.26. The minimum atomic E-state index is -3.39. The second-order valence-electron chi connectivity index (χ2n) is 9.92. The smallest absolute Gasteiger partial charge is 0.0739 e. The quantitative estimate of drug-likeness (QED) is 0.146. The SMILES string of the molecule is Cl[P+](Cl)(N=P(c1ccccc1)(c1ccccc1)c1ccccc1)N=P(c1ccccc1)(c1ccccc1)c1ccccc1. The van der Waals surface area contributed by atoms with Gasteiger partial charge >= 0.3 is 6.27 Å². The molecule has 0 amide bonds. The lowest BCUT2D eigenvalue weighted by atomic mass is 10.4. The van der Waals surface area contributed by atoms with Crippen LogP contribution in [-0.2, 0) is 0 Å². The lowest BCUT2D eigenvalue weighted by Gasteiger charge is -2.27. The van der Waals surface area contributed by atoms with Crippen LogP contribution in [0.2, 0.25) is 0 Å². The summed E-state index contributed by atoms with van der Waals surface area (Å²) in [4.78, 5) is 0. The molecule has 0 heterocycles. The van der Waals surface area contributed by atoms with E-state index in [4.69, 9.17) is 31.5 Å². The maximum atomic E-state index is 7.60. The summed E-state index contributed by atoms with van der Waals surface area (Å²) in [5, 5.41) is 6.48. The summed E-state index contributed by atoms with van der Waals surface area (Å²) >= 11 is 15.2. The maximum absolute atomic E-state index is 7.60. The van der Waals surface area contributed by atoms with Crippen molar-refractivity contribution in [2.75, 3.05) is 0 Å². The van der Waals surface area contributed by atoms with Crippen molar-refractivity contribution in [2.45, 2.75) is 0 Å². The molecule has 43 heavy (non-hydrogen) atoms. The number of hydrogen-bond acceptors (Lipinski definition) is 2. The van der Waals surface area contributed by atoms with Crippen molar-refractivity contribution in [1.29, 1.82) is 0 Å². The molecule has 7 heteroatoms. The van der Waals surface area contributed by atoms with E-state index in [0.29, 0.717) is 0 Å². The van der Waals surface area contributed by atoms with Gasteiger partial charge in [-0.05, 0) is 0 Å². The lowest BCUT2D eigenvalue weighted by molar-refractivity contribution is 1.69. The van der Waals surface area contributed by atoms with Gasteiger partial charge in [0, 0.05) is 31.8 Å². The van der Waals surface area contributed by atoms with Crippen molar-refractivity contribution < 1.29 is 0 Å². The van der Waals surface area contributed by atoms with Crippen molar-refractivity contribution >= 4 is 74.7 Å². The molecule has 2 nitrogen and oxygen atoms in total. The first-order valence-electron chi connectivity index (χ1n) is 13.9. The molecule has 212 valence electrons. The van der Waals surface area contributed by atoms with E-state index in [1.807, 2.05) is 36.4 Å². The molecule has 0 fully saturated rings. The van der Waals surface area contributed by atoms with E-state index < -0.39 is 20.4 Å². The molecule has 0 radical (unpaired) electrons. The van der Waals surface area contributed by atoms with Crippen LogP contribution in [0.5, 0.6) is 0 Å². The topological polar surface area (TPSA) is 24.7 Å². The monoisotopic (exact) mass is 653 g/mol. The Morgan fingerprint density at radius 1 is 0.302 bits per heavy atom. The summed E-state index contributed by atoms with van der Waals surface area (Å²) in [5.74, 6) is 0. The molecule has 0 spiro atoms. The molecule has 6 aromatic carbocycles. The van der Waals surface area contributed by atoms with Crippen molar-refractivity contribution in [2.24, 2.45) is 9.03 Å². The van der Waals surface area contributed by atoms with Gasteiger partial charge in [0.25, 0.3) is 0 Å². The largest absolute Gasteiger partial charge is 0.441 e. The van der Waals surface area contributed by atoms with Crippen molar-refractivity contribution in [1.82, 2.24) is 0 Å². The van der Waals surface area contributed by atoms with Crippen molar-refractivity contribution in [3.8, 4) is 0 Å². The van der Waals surface area contributed by atoms with E-state index >= 15 is 0 Å². The van der Waals surface area contributed by atoms with Gasteiger partial charge in [-0.15, -0.1) is 0 Å². The number of rotatable bonds is 8. The Morgan fingerprint density at radius 2 is 0.465 bits per heavy atom. The first kappa shape index (κ1) is 29.8. The number of nitrogens with zero attached hydrogens (tertiary/aromatic N) is 2. The Morgan fingerprint density at radius 3 is 0.628 bits per heavy atom. The molecular weight excluding hydrogens is 624 g/mol. The van der Waals surface area contributed by atoms with Gasteiger partial charge in [-0.2, -0.15) is 0 Å². The normalized spacial score (nSPS) is 12.0. The Hall–Kier alpha value is -3.21. The zero-order chi connectivity index (χ0) is 29.6. The van der Waals surface area contributed by atoms with Gasteiger partial charge < -0.3 is 0 Å². The number of benzene rings is 6. The fourth-order valence-corrected chi connectivity index (χ4v) is 20.0. The van der Waals surface area contributed by atoms with Crippen LogP contribution in [0.4, 0.5) is 0 Å². The summed E-state index contributed by atoms with van der Waals surface area (Å²) in [5.41, 5.74) is 0. The summed E-state index contributed by atoms with van der Waals surface area (Å²) < 4.78 is 11.3. The molecule has 0 saturated heterocycles. The number of hydrogen-bond donors (Lipinski definition) is 0. The van der Waals surface area contributed by atoms with Gasteiger partial charge in [-0.25, -0.2) is 0 Å². The second-order valence-corrected chi connectivity index (χ2v) is 21.2. The summed E-state index contributed by atoms with van der Waals surface area (Å²) in [6.07, 6.45) is -3.39. The molecule has 0 bridgehead atoms. The fourth-order valence-electron chi connectivity index (χ4n) is 5.41. The van der Waals surface area contributed by atoms with Gasteiger partial charge in [0.05, 0.1) is 0 Å². The van der Waals surface area contributed by atoms with E-state index in [1.165, 1.54) is 0 Å². The molecule has 0 N–H and O–H groups in total. The first-order chi connectivity index (χ1) is 21.0. The van der Waals surface area contributed by atoms with E-state index in [1.54, 1.807) is 0 Å². The minimum Gasteiger partial charge on any atom is -0.0739 e. The van der Waals surface area contributed by atoms with E-state index in [-0.39, 0.29) is 0 Å². The summed E-state index contributed by atoms with van der Waals surface area (Å²) in [7, 11) is -5.40. The highest BCUT2D eigenvalue weighted by Crippen LogP contribution is 2.81. The van der Waals surface area contributed by atoms with Gasteiger partial charge in [-0.1, -0.05) is 191 Å². The van der Waals surface area contributed by atoms with Crippen LogP contribution in [0.25, 0.3) is 0 Å². The molecule has 0 atom stereocenters. The predicted molar refractivity (Wildman–Crippen MR) is 194 cm³/mol. The molecule has 0 aliphatic heterocycles. The highest BCUT2D eigenvalue weighted by molar-refractivity contribution is 8.20. The maximum Gasteiger partial charge on any atom is 0.441 e. The van der Waals surface area contributed by atoms with Crippen LogP contribution in [0.3, 0.4) is 0 Å². The Kier molecular flexibility index (Phi) is 9.16. The van der Waals surface area contributed by atoms with Crippen LogP contribution in [0.1, 0.15) is 0 Å². The van der Waals surface area contributed by atoms with Crippen LogP contribution < -0.4 is 31.8 Å². The van der Waals surface area contributed by atoms with Crippen LogP contribution in [0, 0.1) is 0 Å². The highest BCUT2D eigenvalue weighted by Gasteiger charge is 2.46. The predicted octanol–water partition coefficient (Wildman–Crippen LogP) is 9.50. The average molecular weight is 654 g/mol. The average Bonchev–Trinajstić information content (AvgIpc) is 3.08. The Labute approximate surface area is 264 Å². The van der Waals surface area contributed by atoms with Crippen LogP contribution in [0.15, 0.2) is 191 Å². The fraction of sp³-hybridized carbons (Fsp3) is 0. The molecule has 0 aromatic heterocycles. The molecule has 6 aromatic rings. The second kappa shape index (κ2) is 13.2. The van der Waals surface area contributed by atoms with E-state index in [2.05, 4.69) is 146 Å². The molecule has 0 aliphatic rings.